The largest absolute Gasteiger partial charge is 0.477 e. The van der Waals surface area contributed by atoms with Gasteiger partial charge in [0.25, 0.3) is 5.91 Å². The first kappa shape index (κ1) is 17.9. The van der Waals surface area contributed by atoms with Gasteiger partial charge in [-0.15, -0.1) is 0 Å². The normalized spacial score (nSPS) is 21.3. The molecule has 1 fully saturated rings. The second kappa shape index (κ2) is 6.42. The zero-order valence-electron chi connectivity index (χ0n) is 15.9. The number of pyridine rings is 1. The van der Waals surface area contributed by atoms with E-state index in [1.807, 2.05) is 29.7 Å². The average molecular weight is 392 g/mol. The van der Waals surface area contributed by atoms with Crippen LogP contribution in [0.15, 0.2) is 35.3 Å². The van der Waals surface area contributed by atoms with Crippen molar-refractivity contribution in [2.75, 3.05) is 13.2 Å². The maximum atomic E-state index is 12.4. The summed E-state index contributed by atoms with van der Waals surface area (Å²) in [5, 5.41) is 12.2. The lowest BCUT2D eigenvalue weighted by atomic mass is 9.89. The fourth-order valence-corrected chi connectivity index (χ4v) is 4.77. The molecule has 7 heteroatoms. The van der Waals surface area contributed by atoms with Gasteiger partial charge in [-0.2, -0.15) is 0 Å². The summed E-state index contributed by atoms with van der Waals surface area (Å²) in [6.45, 7) is 3.01. The van der Waals surface area contributed by atoms with Gasteiger partial charge in [-0.1, -0.05) is 6.07 Å². The summed E-state index contributed by atoms with van der Waals surface area (Å²) in [4.78, 5) is 36.1. The molecule has 29 heavy (non-hydrogen) atoms. The van der Waals surface area contributed by atoms with E-state index in [0.29, 0.717) is 25.1 Å². The van der Waals surface area contributed by atoms with Gasteiger partial charge in [0.1, 0.15) is 11.7 Å². The summed E-state index contributed by atoms with van der Waals surface area (Å²) in [6, 6.07) is 7.07. The Morgan fingerprint density at radius 2 is 2.14 bits per heavy atom. The van der Waals surface area contributed by atoms with Crippen molar-refractivity contribution in [1.29, 1.82) is 0 Å². The van der Waals surface area contributed by atoms with Crippen LogP contribution in [0.1, 0.15) is 56.9 Å². The first-order chi connectivity index (χ1) is 14.0. The maximum Gasteiger partial charge on any atom is 0.341 e. The molecule has 2 atom stereocenters. The molecule has 1 aromatic heterocycles. The number of fused-ring (bicyclic) bond motifs is 7. The van der Waals surface area contributed by atoms with Crippen LogP contribution < -0.4 is 10.7 Å². The van der Waals surface area contributed by atoms with Crippen LogP contribution in [0, 0.1) is 0 Å². The minimum absolute atomic E-state index is 0.0449. The molecular formula is C22H20N2O5. The van der Waals surface area contributed by atoms with E-state index in [0.717, 1.165) is 34.4 Å². The summed E-state index contributed by atoms with van der Waals surface area (Å²) in [6.07, 6.45) is 2.61. The molecule has 148 valence electrons. The van der Waals surface area contributed by atoms with E-state index in [1.54, 1.807) is 0 Å². The van der Waals surface area contributed by atoms with Crippen molar-refractivity contribution in [3.05, 3.63) is 68.6 Å². The Morgan fingerprint density at radius 3 is 2.90 bits per heavy atom. The number of carbonyl (C=O) groups is 2. The van der Waals surface area contributed by atoms with Crippen LogP contribution in [-0.2, 0) is 11.2 Å². The number of carboxylic acids is 1. The quantitative estimate of drug-likeness (QED) is 0.834. The summed E-state index contributed by atoms with van der Waals surface area (Å²) < 4.78 is 7.95. The predicted molar refractivity (Wildman–Crippen MR) is 106 cm³/mol. The van der Waals surface area contributed by atoms with Crippen molar-refractivity contribution < 1.29 is 19.4 Å². The molecule has 1 saturated heterocycles. The first-order valence-electron chi connectivity index (χ1n) is 9.75. The lowest BCUT2D eigenvalue weighted by Gasteiger charge is -2.32. The van der Waals surface area contributed by atoms with Gasteiger partial charge in [0, 0.05) is 43.1 Å². The third-order valence-electron chi connectivity index (χ3n) is 6.01. The molecular weight excluding hydrogens is 372 g/mol. The number of nitrogens with zero attached hydrogens (tertiary/aromatic N) is 1. The maximum absolute atomic E-state index is 12.4. The van der Waals surface area contributed by atoms with Crippen molar-refractivity contribution >= 4 is 23.0 Å². The minimum atomic E-state index is -1.22. The molecule has 7 nitrogen and oxygen atoms in total. The van der Waals surface area contributed by atoms with Gasteiger partial charge in [-0.3, -0.25) is 9.59 Å². The third-order valence-corrected chi connectivity index (χ3v) is 6.01. The van der Waals surface area contributed by atoms with Crippen molar-refractivity contribution in [3.8, 4) is 0 Å². The van der Waals surface area contributed by atoms with Crippen LogP contribution in [0.5, 0.6) is 0 Å². The molecule has 2 N–H and O–H groups in total. The molecule has 0 radical (unpaired) electrons. The highest BCUT2D eigenvalue weighted by Crippen LogP contribution is 2.50. The minimum Gasteiger partial charge on any atom is -0.477 e. The highest BCUT2D eigenvalue weighted by atomic mass is 16.5. The van der Waals surface area contributed by atoms with E-state index in [-0.39, 0.29) is 23.6 Å². The van der Waals surface area contributed by atoms with Crippen LogP contribution in [0.2, 0.25) is 0 Å². The molecule has 0 spiro atoms. The van der Waals surface area contributed by atoms with Crippen LogP contribution >= 0.6 is 0 Å². The number of ether oxygens (including phenoxy) is 1. The average Bonchev–Trinajstić information content (AvgIpc) is 3.31. The zero-order chi connectivity index (χ0) is 20.3. The van der Waals surface area contributed by atoms with Crippen LogP contribution in [-0.4, -0.2) is 40.8 Å². The van der Waals surface area contributed by atoms with E-state index < -0.39 is 11.4 Å². The Bertz CT molecular complexity index is 1160. The summed E-state index contributed by atoms with van der Waals surface area (Å²) in [5.74, 6) is -1.33. The van der Waals surface area contributed by atoms with Crippen LogP contribution in [0.25, 0.3) is 11.1 Å². The number of carboxylic acid groups (broad SMARTS) is 1. The molecule has 5 rings (SSSR count). The number of hydrogen-bond acceptors (Lipinski definition) is 4. The third kappa shape index (κ3) is 2.57. The molecule has 1 aliphatic carbocycles. The molecule has 1 amide bonds. The van der Waals surface area contributed by atoms with E-state index in [9.17, 15) is 19.5 Å². The number of rotatable bonds is 3. The molecule has 0 bridgehead atoms. The molecule has 2 aromatic rings. The van der Waals surface area contributed by atoms with E-state index in [4.69, 9.17) is 4.74 Å². The van der Waals surface area contributed by atoms with Gasteiger partial charge < -0.3 is 19.7 Å². The van der Waals surface area contributed by atoms with Gasteiger partial charge in [0.05, 0.1) is 6.04 Å². The number of aromatic carboxylic acids is 1. The van der Waals surface area contributed by atoms with Crippen LogP contribution in [0.3, 0.4) is 0 Å². The lowest BCUT2D eigenvalue weighted by molar-refractivity contribution is 0.0693. The summed E-state index contributed by atoms with van der Waals surface area (Å²) >= 11 is 0. The monoisotopic (exact) mass is 392 g/mol. The summed E-state index contributed by atoms with van der Waals surface area (Å²) in [7, 11) is 0. The topological polar surface area (TPSA) is 97.6 Å². The SMILES string of the molecule is CCNC(=O)c1ccc2c(c1)CC1=C2[C@H]2OCC[C@H]2n2cc(C(=O)O)c(=O)cc21. The van der Waals surface area contributed by atoms with Crippen molar-refractivity contribution in [1.82, 2.24) is 9.88 Å². The Kier molecular flexibility index (Phi) is 3.96. The number of allylic oxidation sites excluding steroid dienone is 1. The fraction of sp³-hybridized carbons (Fsp3) is 0.318. The highest BCUT2D eigenvalue weighted by molar-refractivity contribution is 6.02. The molecule has 0 unspecified atom stereocenters. The second-order valence-electron chi connectivity index (χ2n) is 7.60. The highest BCUT2D eigenvalue weighted by Gasteiger charge is 2.43. The molecule has 0 saturated carbocycles. The second-order valence-corrected chi connectivity index (χ2v) is 7.60. The first-order valence-corrected chi connectivity index (χ1v) is 9.75. The number of benzene rings is 1. The summed E-state index contributed by atoms with van der Waals surface area (Å²) in [5.41, 5.74) is 4.75. The Balaban J connectivity index is 1.66. The number of carbonyl (C=O) groups excluding carboxylic acids is 1. The van der Waals surface area contributed by atoms with E-state index >= 15 is 0 Å². The Labute approximate surface area is 166 Å². The van der Waals surface area contributed by atoms with Crippen molar-refractivity contribution in [2.24, 2.45) is 0 Å². The fourth-order valence-electron chi connectivity index (χ4n) is 4.77. The molecule has 3 heterocycles. The molecule has 2 aliphatic heterocycles. The van der Waals surface area contributed by atoms with Crippen molar-refractivity contribution in [3.63, 3.8) is 0 Å². The van der Waals surface area contributed by atoms with Gasteiger partial charge in [-0.05, 0) is 47.8 Å². The van der Waals surface area contributed by atoms with Gasteiger partial charge >= 0.3 is 5.97 Å². The van der Waals surface area contributed by atoms with Crippen molar-refractivity contribution in [2.45, 2.75) is 31.9 Å². The Morgan fingerprint density at radius 1 is 1.31 bits per heavy atom. The molecule has 3 aliphatic rings. The van der Waals surface area contributed by atoms with Gasteiger partial charge in [0.2, 0.25) is 0 Å². The van der Waals surface area contributed by atoms with E-state index in [1.165, 1.54) is 12.3 Å². The predicted octanol–water partition coefficient (Wildman–Crippen LogP) is 2.11. The standard InChI is InChI=1S/C22H20N2O5/c1-2-23-21(26)11-3-4-13-12(7-11)8-14-17-9-18(25)15(22(27)28)10-24(17)16-5-6-29-20(16)19(13)14/h3-4,7,9-10,16,20H,2,5-6,8H2,1H3,(H,23,26)(H,27,28)/t16-,20+/m1/s1. The van der Waals surface area contributed by atoms with Gasteiger partial charge in [0.15, 0.2) is 5.43 Å². The number of aromatic nitrogens is 1. The Hall–Kier alpha value is -3.19. The smallest absolute Gasteiger partial charge is 0.341 e. The van der Waals surface area contributed by atoms with Crippen LogP contribution in [0.4, 0.5) is 0 Å². The number of nitrogens with one attached hydrogen (secondary N) is 1. The van der Waals surface area contributed by atoms with E-state index in [2.05, 4.69) is 5.32 Å². The van der Waals surface area contributed by atoms with Gasteiger partial charge in [-0.25, -0.2) is 4.79 Å². The number of hydrogen-bond donors (Lipinski definition) is 2. The zero-order valence-corrected chi connectivity index (χ0v) is 15.9. The number of amides is 1. The molecule has 1 aromatic carbocycles. The lowest BCUT2D eigenvalue weighted by Crippen LogP contribution is -2.31.